The highest BCUT2D eigenvalue weighted by Gasteiger charge is 2.48. The minimum atomic E-state index is -0.838. The van der Waals surface area contributed by atoms with Gasteiger partial charge in [-0.1, -0.05) is 35.1 Å². The number of hydrogen-bond donors (Lipinski definition) is 1. The fraction of sp³-hybridized carbons (Fsp3) is 0.0800. The molecule has 0 bridgehead atoms. The van der Waals surface area contributed by atoms with Crippen LogP contribution in [0.3, 0.4) is 0 Å². The molecule has 1 unspecified atom stereocenters. The van der Waals surface area contributed by atoms with Crippen molar-refractivity contribution in [1.82, 2.24) is 4.98 Å². The summed E-state index contributed by atoms with van der Waals surface area (Å²) in [4.78, 5) is 32.5. The van der Waals surface area contributed by atoms with Crippen LogP contribution < -0.4 is 9.64 Å². The molecule has 1 N–H and O–H groups in total. The van der Waals surface area contributed by atoms with Crippen molar-refractivity contribution in [2.45, 2.75) is 6.04 Å². The Kier molecular flexibility index (Phi) is 6.05. The van der Waals surface area contributed by atoms with E-state index in [1.54, 1.807) is 49.6 Å². The van der Waals surface area contributed by atoms with Gasteiger partial charge in [-0.3, -0.25) is 14.5 Å². The molecule has 170 valence electrons. The molecule has 1 aliphatic heterocycles. The number of hydrogen-bond acceptors (Lipinski definition) is 6. The van der Waals surface area contributed by atoms with Crippen LogP contribution in [0.4, 0.5) is 5.13 Å². The van der Waals surface area contributed by atoms with E-state index >= 15 is 0 Å². The lowest BCUT2D eigenvalue weighted by Crippen LogP contribution is -2.29. The molecule has 1 saturated heterocycles. The van der Waals surface area contributed by atoms with E-state index in [9.17, 15) is 14.7 Å². The van der Waals surface area contributed by atoms with Gasteiger partial charge in [-0.25, -0.2) is 4.98 Å². The van der Waals surface area contributed by atoms with Crippen molar-refractivity contribution in [3.8, 4) is 5.75 Å². The van der Waals surface area contributed by atoms with Gasteiger partial charge >= 0.3 is 5.91 Å². The molecule has 0 radical (unpaired) electrons. The number of ketones is 1. The maximum atomic E-state index is 13.3. The quantitative estimate of drug-likeness (QED) is 0.130. The van der Waals surface area contributed by atoms with Gasteiger partial charge in [0.1, 0.15) is 11.5 Å². The Balaban J connectivity index is 1.71. The van der Waals surface area contributed by atoms with Crippen molar-refractivity contribution < 1.29 is 19.4 Å². The highest BCUT2D eigenvalue weighted by Crippen LogP contribution is 2.44. The number of carbonyl (C=O) groups excluding carboxylic acids is 2. The Morgan fingerprint density at radius 2 is 1.79 bits per heavy atom. The third-order valence-corrected chi connectivity index (χ3v) is 7.51. The molecule has 1 aromatic heterocycles. The zero-order valence-electron chi connectivity index (χ0n) is 17.7. The number of rotatable bonds is 4. The number of aliphatic hydroxyl groups is 1. The second-order valence-corrected chi connectivity index (χ2v) is 10.2. The lowest BCUT2D eigenvalue weighted by Gasteiger charge is -2.23. The molecule has 0 spiro atoms. The Morgan fingerprint density at radius 1 is 1.09 bits per heavy atom. The molecule has 3 aromatic carbocycles. The van der Waals surface area contributed by atoms with E-state index in [1.165, 1.54) is 16.2 Å². The number of thiazole rings is 1. The van der Waals surface area contributed by atoms with Crippen LogP contribution in [0.5, 0.6) is 5.75 Å². The minimum Gasteiger partial charge on any atom is -0.507 e. The summed E-state index contributed by atoms with van der Waals surface area (Å²) in [5.74, 6) is -1.16. The molecule has 1 fully saturated rings. The van der Waals surface area contributed by atoms with E-state index < -0.39 is 17.7 Å². The van der Waals surface area contributed by atoms with E-state index in [0.29, 0.717) is 32.5 Å². The average Bonchev–Trinajstić information content (AvgIpc) is 3.37. The van der Waals surface area contributed by atoms with E-state index in [-0.39, 0.29) is 11.3 Å². The van der Waals surface area contributed by atoms with Crippen molar-refractivity contribution in [2.75, 3.05) is 12.0 Å². The molecule has 5 rings (SSSR count). The predicted molar refractivity (Wildman–Crippen MR) is 142 cm³/mol. The third kappa shape index (κ3) is 3.95. The van der Waals surface area contributed by atoms with Crippen LogP contribution in [0.15, 0.2) is 72.3 Å². The number of halogens is 2. The van der Waals surface area contributed by atoms with Crippen LogP contribution in [-0.2, 0) is 9.59 Å². The normalized spacial score (nSPS) is 17.5. The number of Topliss-reactive ketones (excluding diaryl/α,β-unsaturated/α-hetero) is 1. The number of benzene rings is 3. The zero-order chi connectivity index (χ0) is 24.0. The molecular formula is C25H16ClIN2O4S. The summed E-state index contributed by atoms with van der Waals surface area (Å²) in [6.07, 6.45) is 0. The van der Waals surface area contributed by atoms with E-state index in [2.05, 4.69) is 27.6 Å². The van der Waals surface area contributed by atoms with Crippen LogP contribution >= 0.6 is 45.5 Å². The molecule has 2 heterocycles. The van der Waals surface area contributed by atoms with Gasteiger partial charge in [0.2, 0.25) is 0 Å². The first-order valence-electron chi connectivity index (χ1n) is 10.1. The first kappa shape index (κ1) is 22.8. The predicted octanol–water partition coefficient (Wildman–Crippen LogP) is 6.19. The fourth-order valence-corrected chi connectivity index (χ4v) is 5.51. The minimum absolute atomic E-state index is 0.00802. The van der Waals surface area contributed by atoms with Crippen molar-refractivity contribution in [3.63, 3.8) is 0 Å². The Labute approximate surface area is 217 Å². The van der Waals surface area contributed by atoms with Crippen LogP contribution in [0, 0.1) is 3.57 Å². The molecule has 1 aliphatic rings. The number of ether oxygens (including phenoxy) is 1. The number of aromatic nitrogens is 1. The summed E-state index contributed by atoms with van der Waals surface area (Å²) >= 11 is 9.58. The number of amides is 1. The molecule has 1 atom stereocenters. The van der Waals surface area contributed by atoms with E-state index in [0.717, 1.165) is 8.27 Å². The van der Waals surface area contributed by atoms with Gasteiger partial charge in [0.15, 0.2) is 5.13 Å². The van der Waals surface area contributed by atoms with Gasteiger partial charge < -0.3 is 9.84 Å². The first-order valence-corrected chi connectivity index (χ1v) is 12.4. The van der Waals surface area contributed by atoms with E-state index in [4.69, 9.17) is 16.3 Å². The van der Waals surface area contributed by atoms with Crippen LogP contribution in [0.25, 0.3) is 16.0 Å². The Hall–Kier alpha value is -2.95. The molecule has 9 heteroatoms. The lowest BCUT2D eigenvalue weighted by molar-refractivity contribution is -0.132. The summed E-state index contributed by atoms with van der Waals surface area (Å²) in [5, 5.41) is 12.1. The number of aliphatic hydroxyl groups excluding tert-OH is 1. The number of methoxy groups -OCH3 is 1. The monoisotopic (exact) mass is 602 g/mol. The SMILES string of the molecule is COc1ccc(/C(O)=C2\C(=O)C(=O)N(c3nc4ccc(Cl)cc4s3)C2c2ccc(I)cc2)cc1. The summed E-state index contributed by atoms with van der Waals surface area (Å²) in [6.45, 7) is 0. The van der Waals surface area contributed by atoms with Gasteiger partial charge in [0, 0.05) is 14.2 Å². The highest BCUT2D eigenvalue weighted by molar-refractivity contribution is 14.1. The second kappa shape index (κ2) is 9.01. The number of nitrogens with zero attached hydrogens (tertiary/aromatic N) is 2. The standard InChI is InChI=1S/C25H16ClIN2O4S/c1-33-17-9-4-14(5-10-17)22(30)20-21(13-2-7-16(27)8-3-13)29(24(32)23(20)31)25-28-18-11-6-15(26)12-19(18)34-25/h2-12,21,30H,1H3/b22-20+. The number of carbonyl (C=O) groups is 2. The maximum absolute atomic E-state index is 13.3. The van der Waals surface area contributed by atoms with Crippen LogP contribution in [0.2, 0.25) is 5.02 Å². The van der Waals surface area contributed by atoms with Gasteiger partial charge in [-0.15, -0.1) is 0 Å². The Bertz CT molecular complexity index is 1460. The summed E-state index contributed by atoms with van der Waals surface area (Å²) in [6, 6.07) is 18.6. The molecule has 0 aliphatic carbocycles. The van der Waals surface area contributed by atoms with Crippen molar-refractivity contribution in [3.05, 3.63) is 92.0 Å². The largest absolute Gasteiger partial charge is 0.507 e. The zero-order valence-corrected chi connectivity index (χ0v) is 21.4. The van der Waals surface area contributed by atoms with Crippen molar-refractivity contribution in [1.29, 1.82) is 0 Å². The highest BCUT2D eigenvalue weighted by atomic mass is 127. The van der Waals surface area contributed by atoms with Gasteiger partial charge in [-0.05, 0) is 82.8 Å². The second-order valence-electron chi connectivity index (χ2n) is 7.56. The van der Waals surface area contributed by atoms with Crippen molar-refractivity contribution >= 4 is 78.3 Å². The molecule has 34 heavy (non-hydrogen) atoms. The average molecular weight is 603 g/mol. The van der Waals surface area contributed by atoms with Crippen LogP contribution in [0.1, 0.15) is 17.2 Å². The molecular weight excluding hydrogens is 587 g/mol. The molecule has 0 saturated carbocycles. The molecule has 6 nitrogen and oxygen atoms in total. The van der Waals surface area contributed by atoms with Gasteiger partial charge in [0.05, 0.1) is 28.9 Å². The third-order valence-electron chi connectivity index (χ3n) is 5.54. The maximum Gasteiger partial charge on any atom is 0.301 e. The smallest absolute Gasteiger partial charge is 0.301 e. The van der Waals surface area contributed by atoms with Crippen molar-refractivity contribution in [2.24, 2.45) is 0 Å². The number of anilines is 1. The van der Waals surface area contributed by atoms with Crippen LogP contribution in [-0.4, -0.2) is 28.9 Å². The Morgan fingerprint density at radius 3 is 2.47 bits per heavy atom. The summed E-state index contributed by atoms with van der Waals surface area (Å²) in [7, 11) is 1.54. The molecule has 1 amide bonds. The topological polar surface area (TPSA) is 79.7 Å². The summed E-state index contributed by atoms with van der Waals surface area (Å²) < 4.78 is 6.98. The number of fused-ring (bicyclic) bond motifs is 1. The molecule has 4 aromatic rings. The van der Waals surface area contributed by atoms with E-state index in [1.807, 2.05) is 24.3 Å². The van der Waals surface area contributed by atoms with Gasteiger partial charge in [0.25, 0.3) is 5.78 Å². The van der Waals surface area contributed by atoms with Gasteiger partial charge in [-0.2, -0.15) is 0 Å². The first-order chi connectivity index (χ1) is 16.4. The fourth-order valence-electron chi connectivity index (χ4n) is 3.88. The summed E-state index contributed by atoms with van der Waals surface area (Å²) in [5.41, 5.74) is 1.77. The lowest BCUT2D eigenvalue weighted by atomic mass is 9.95.